The van der Waals surface area contributed by atoms with E-state index in [0.29, 0.717) is 24.1 Å². The van der Waals surface area contributed by atoms with Gasteiger partial charge in [0.1, 0.15) is 0 Å². The van der Waals surface area contributed by atoms with E-state index in [0.717, 1.165) is 30.5 Å². The topological polar surface area (TPSA) is 78.5 Å². The van der Waals surface area contributed by atoms with Gasteiger partial charge < -0.3 is 4.90 Å². The Morgan fingerprint density at radius 1 is 0.963 bits per heavy atom. The number of nitrogens with zero attached hydrogens (tertiary/aromatic N) is 1. The highest BCUT2D eigenvalue weighted by molar-refractivity contribution is 5.99. The second-order valence-corrected chi connectivity index (χ2v) is 6.58. The maximum absolute atomic E-state index is 12.3. The molecule has 0 bridgehead atoms. The molecular formula is C21H23N3O3. The Balaban J connectivity index is 1.58. The van der Waals surface area contributed by atoms with Gasteiger partial charge in [-0.25, -0.2) is 0 Å². The molecule has 1 aliphatic rings. The highest BCUT2D eigenvalue weighted by atomic mass is 16.2. The first-order valence-corrected chi connectivity index (χ1v) is 9.13. The lowest BCUT2D eigenvalue weighted by Crippen LogP contribution is -2.41. The number of rotatable bonds is 5. The smallest absolute Gasteiger partial charge is 0.269 e. The van der Waals surface area contributed by atoms with E-state index in [1.165, 1.54) is 0 Å². The summed E-state index contributed by atoms with van der Waals surface area (Å²) in [4.78, 5) is 38.0. The molecule has 2 aromatic carbocycles. The minimum atomic E-state index is -0.400. The monoisotopic (exact) mass is 365 g/mol. The zero-order chi connectivity index (χ0) is 19.2. The zero-order valence-electron chi connectivity index (χ0n) is 15.3. The van der Waals surface area contributed by atoms with E-state index in [1.807, 2.05) is 25.1 Å². The summed E-state index contributed by atoms with van der Waals surface area (Å²) in [6, 6.07) is 14.3. The molecule has 27 heavy (non-hydrogen) atoms. The fourth-order valence-electron chi connectivity index (χ4n) is 3.05. The summed E-state index contributed by atoms with van der Waals surface area (Å²) in [7, 11) is 0. The van der Waals surface area contributed by atoms with Crippen LogP contribution in [0.25, 0.3) is 0 Å². The van der Waals surface area contributed by atoms with Crippen molar-refractivity contribution in [3.05, 3.63) is 70.8 Å². The number of hydrazine groups is 1. The van der Waals surface area contributed by atoms with Gasteiger partial charge in [0.05, 0.1) is 0 Å². The van der Waals surface area contributed by atoms with Gasteiger partial charge in [-0.1, -0.05) is 31.2 Å². The van der Waals surface area contributed by atoms with E-state index >= 15 is 0 Å². The Bertz CT molecular complexity index is 846. The number of hydrogen-bond acceptors (Lipinski definition) is 3. The predicted molar refractivity (Wildman–Crippen MR) is 102 cm³/mol. The van der Waals surface area contributed by atoms with Crippen molar-refractivity contribution in [2.75, 3.05) is 6.54 Å². The van der Waals surface area contributed by atoms with Crippen LogP contribution >= 0.6 is 0 Å². The lowest BCUT2D eigenvalue weighted by molar-refractivity contribution is -0.128. The van der Waals surface area contributed by atoms with Crippen molar-refractivity contribution in [3.8, 4) is 0 Å². The SMILES string of the molecule is CCc1ccc(C(=O)NNC(=O)c2cccc(CN3CCCC3=O)c2)cc1. The molecule has 2 aromatic rings. The molecule has 6 heteroatoms. The van der Waals surface area contributed by atoms with Crippen molar-refractivity contribution in [2.45, 2.75) is 32.7 Å². The van der Waals surface area contributed by atoms with Crippen LogP contribution in [0, 0.1) is 0 Å². The first kappa shape index (κ1) is 18.6. The van der Waals surface area contributed by atoms with E-state index in [-0.39, 0.29) is 11.8 Å². The highest BCUT2D eigenvalue weighted by Crippen LogP contribution is 2.15. The van der Waals surface area contributed by atoms with Crippen molar-refractivity contribution in [2.24, 2.45) is 0 Å². The number of nitrogens with one attached hydrogen (secondary N) is 2. The quantitative estimate of drug-likeness (QED) is 0.799. The van der Waals surface area contributed by atoms with Crippen LogP contribution in [0.15, 0.2) is 48.5 Å². The molecule has 1 heterocycles. The lowest BCUT2D eigenvalue weighted by atomic mass is 10.1. The molecule has 1 saturated heterocycles. The van der Waals surface area contributed by atoms with Crippen molar-refractivity contribution < 1.29 is 14.4 Å². The van der Waals surface area contributed by atoms with Crippen molar-refractivity contribution >= 4 is 17.7 Å². The molecule has 0 saturated carbocycles. The number of hydrogen-bond donors (Lipinski definition) is 2. The van der Waals surface area contributed by atoms with Crippen molar-refractivity contribution in [1.82, 2.24) is 15.8 Å². The summed E-state index contributed by atoms with van der Waals surface area (Å²) in [5.74, 6) is -0.626. The van der Waals surface area contributed by atoms with Gasteiger partial charge in [-0.2, -0.15) is 0 Å². The second kappa shape index (κ2) is 8.49. The summed E-state index contributed by atoms with van der Waals surface area (Å²) in [5, 5.41) is 0. The molecule has 0 unspecified atom stereocenters. The highest BCUT2D eigenvalue weighted by Gasteiger charge is 2.20. The van der Waals surface area contributed by atoms with Gasteiger partial charge in [-0.05, 0) is 48.2 Å². The normalized spacial score (nSPS) is 13.5. The standard InChI is InChI=1S/C21H23N3O3/c1-2-15-8-10-17(11-9-15)20(26)22-23-21(27)18-6-3-5-16(13-18)14-24-12-4-7-19(24)25/h3,5-6,8-11,13H,2,4,7,12,14H2,1H3,(H,22,26)(H,23,27). The van der Waals surface area contributed by atoms with E-state index in [2.05, 4.69) is 10.9 Å². The Morgan fingerprint density at radius 2 is 1.67 bits per heavy atom. The van der Waals surface area contributed by atoms with Crippen LogP contribution in [0.1, 0.15) is 51.6 Å². The molecule has 0 aromatic heterocycles. The molecule has 0 atom stereocenters. The Labute approximate surface area is 158 Å². The molecule has 3 amide bonds. The zero-order valence-corrected chi connectivity index (χ0v) is 15.3. The largest absolute Gasteiger partial charge is 0.338 e. The van der Waals surface area contributed by atoms with E-state index in [1.54, 1.807) is 35.2 Å². The minimum Gasteiger partial charge on any atom is -0.338 e. The first-order chi connectivity index (χ1) is 13.1. The second-order valence-electron chi connectivity index (χ2n) is 6.58. The third-order valence-corrected chi connectivity index (χ3v) is 4.65. The fraction of sp³-hybridized carbons (Fsp3) is 0.286. The molecule has 2 N–H and O–H groups in total. The molecule has 140 valence electrons. The maximum atomic E-state index is 12.3. The maximum Gasteiger partial charge on any atom is 0.269 e. The van der Waals surface area contributed by atoms with Crippen LogP contribution in [0.4, 0.5) is 0 Å². The minimum absolute atomic E-state index is 0.145. The predicted octanol–water partition coefficient (Wildman–Crippen LogP) is 2.45. The summed E-state index contributed by atoms with van der Waals surface area (Å²) in [6.07, 6.45) is 2.37. The van der Waals surface area contributed by atoms with Gasteiger partial charge in [0.2, 0.25) is 5.91 Å². The van der Waals surface area contributed by atoms with E-state index in [4.69, 9.17) is 0 Å². The summed E-state index contributed by atoms with van der Waals surface area (Å²) in [5.41, 5.74) is 7.81. The average molecular weight is 365 g/mol. The van der Waals surface area contributed by atoms with Crippen LogP contribution in [0.3, 0.4) is 0 Å². The number of benzene rings is 2. The van der Waals surface area contributed by atoms with Crippen molar-refractivity contribution in [3.63, 3.8) is 0 Å². The van der Waals surface area contributed by atoms with Gasteiger partial charge in [0.25, 0.3) is 11.8 Å². The fourth-order valence-corrected chi connectivity index (χ4v) is 3.05. The van der Waals surface area contributed by atoms with Gasteiger partial charge in [0, 0.05) is 30.6 Å². The molecular weight excluding hydrogens is 342 g/mol. The van der Waals surface area contributed by atoms with Crippen LogP contribution < -0.4 is 10.9 Å². The summed E-state index contributed by atoms with van der Waals surface area (Å²) >= 11 is 0. The summed E-state index contributed by atoms with van der Waals surface area (Å²) in [6.45, 7) is 3.29. The summed E-state index contributed by atoms with van der Waals surface area (Å²) < 4.78 is 0. The van der Waals surface area contributed by atoms with Crippen LogP contribution in [-0.4, -0.2) is 29.2 Å². The Morgan fingerprint density at radius 3 is 2.30 bits per heavy atom. The number of aryl methyl sites for hydroxylation is 1. The molecule has 0 aliphatic carbocycles. The average Bonchev–Trinajstić information content (AvgIpc) is 3.10. The van der Waals surface area contributed by atoms with Crippen LogP contribution in [-0.2, 0) is 17.8 Å². The van der Waals surface area contributed by atoms with Gasteiger partial charge >= 0.3 is 0 Å². The molecule has 3 rings (SSSR count). The molecule has 0 spiro atoms. The first-order valence-electron chi connectivity index (χ1n) is 9.13. The van der Waals surface area contributed by atoms with Crippen molar-refractivity contribution in [1.29, 1.82) is 0 Å². The number of likely N-dealkylation sites (tertiary alicyclic amines) is 1. The van der Waals surface area contributed by atoms with Gasteiger partial charge in [0.15, 0.2) is 0 Å². The lowest BCUT2D eigenvalue weighted by Gasteiger charge is -2.16. The third-order valence-electron chi connectivity index (χ3n) is 4.65. The molecule has 0 radical (unpaired) electrons. The third kappa shape index (κ3) is 4.73. The van der Waals surface area contributed by atoms with Crippen LogP contribution in [0.2, 0.25) is 0 Å². The molecule has 1 aliphatic heterocycles. The van der Waals surface area contributed by atoms with Crippen LogP contribution in [0.5, 0.6) is 0 Å². The van der Waals surface area contributed by atoms with Gasteiger partial charge in [-0.3, -0.25) is 25.2 Å². The van der Waals surface area contributed by atoms with Gasteiger partial charge in [-0.15, -0.1) is 0 Å². The number of amides is 3. The molecule has 1 fully saturated rings. The number of carbonyl (C=O) groups excluding carboxylic acids is 3. The van der Waals surface area contributed by atoms with E-state index < -0.39 is 5.91 Å². The Hall–Kier alpha value is -3.15. The Kier molecular flexibility index (Phi) is 5.86. The van der Waals surface area contributed by atoms with E-state index in [9.17, 15) is 14.4 Å². The number of carbonyl (C=O) groups is 3. The molecule has 6 nitrogen and oxygen atoms in total.